The molecule has 3 rings (SSSR count). The molecule has 2 aromatic carbocycles. The molecule has 0 amide bonds. The molecule has 0 aromatic heterocycles. The van der Waals surface area contributed by atoms with Crippen molar-refractivity contribution in [1.82, 2.24) is 4.90 Å². The third-order valence-electron chi connectivity index (χ3n) is 5.32. The Kier molecular flexibility index (Phi) is 6.41. The minimum absolute atomic E-state index is 0.266. The van der Waals surface area contributed by atoms with Crippen molar-refractivity contribution in [2.45, 2.75) is 31.3 Å². The molecular weight excluding hydrogens is 358 g/mol. The summed E-state index contributed by atoms with van der Waals surface area (Å²) >= 11 is 0. The lowest BCUT2D eigenvalue weighted by molar-refractivity contribution is -0.145. The second-order valence-corrected chi connectivity index (χ2v) is 6.85. The monoisotopic (exact) mass is 385 g/mol. The van der Waals surface area contributed by atoms with Gasteiger partial charge in [-0.2, -0.15) is 0 Å². The third-order valence-corrected chi connectivity index (χ3v) is 5.32. The van der Waals surface area contributed by atoms with Crippen LogP contribution in [0.5, 0.6) is 17.2 Å². The normalized spacial score (nSPS) is 18.3. The quantitative estimate of drug-likeness (QED) is 0.783. The maximum absolute atomic E-state index is 12.0. The molecule has 0 aliphatic carbocycles. The number of nitrogens with zero attached hydrogens (tertiary/aromatic N) is 1. The highest BCUT2D eigenvalue weighted by Gasteiger charge is 2.36. The lowest BCUT2D eigenvalue weighted by Crippen LogP contribution is -2.46. The van der Waals surface area contributed by atoms with Crippen molar-refractivity contribution in [3.8, 4) is 17.2 Å². The van der Waals surface area contributed by atoms with E-state index in [1.54, 1.807) is 21.3 Å². The number of rotatable bonds is 7. The average molecular weight is 385 g/mol. The summed E-state index contributed by atoms with van der Waals surface area (Å²) < 4.78 is 16.4. The molecule has 0 radical (unpaired) electrons. The molecule has 0 spiro atoms. The largest absolute Gasteiger partial charge is 0.497 e. The zero-order valence-corrected chi connectivity index (χ0v) is 16.6. The number of carboxylic acid groups (broad SMARTS) is 1. The van der Waals surface area contributed by atoms with Gasteiger partial charge < -0.3 is 19.3 Å². The fourth-order valence-corrected chi connectivity index (χ4v) is 3.99. The molecule has 2 unspecified atom stereocenters. The van der Waals surface area contributed by atoms with E-state index in [1.807, 2.05) is 42.5 Å². The molecule has 1 saturated heterocycles. The molecule has 2 aromatic rings. The molecule has 1 heterocycles. The number of methoxy groups -OCH3 is 3. The van der Waals surface area contributed by atoms with Gasteiger partial charge in [-0.1, -0.05) is 30.7 Å². The molecule has 2 atom stereocenters. The molecule has 6 nitrogen and oxygen atoms in total. The number of likely N-dealkylation sites (tertiary alicyclic amines) is 1. The molecule has 1 aliphatic heterocycles. The van der Waals surface area contributed by atoms with Crippen LogP contribution < -0.4 is 14.2 Å². The lowest BCUT2D eigenvalue weighted by atomic mass is 9.91. The molecule has 1 N–H and O–H groups in total. The number of aliphatic carboxylic acids is 1. The fourth-order valence-electron chi connectivity index (χ4n) is 3.99. The van der Waals surface area contributed by atoms with E-state index in [-0.39, 0.29) is 6.04 Å². The summed E-state index contributed by atoms with van der Waals surface area (Å²) in [5, 5.41) is 9.84. The van der Waals surface area contributed by atoms with Crippen molar-refractivity contribution in [3.05, 3.63) is 53.6 Å². The van der Waals surface area contributed by atoms with Crippen LogP contribution in [0, 0.1) is 0 Å². The smallest absolute Gasteiger partial charge is 0.320 e. The number of carbonyl (C=O) groups is 1. The van der Waals surface area contributed by atoms with Gasteiger partial charge in [-0.3, -0.25) is 9.69 Å². The fraction of sp³-hybridized carbons (Fsp3) is 0.409. The van der Waals surface area contributed by atoms with Crippen molar-refractivity contribution >= 4 is 5.97 Å². The van der Waals surface area contributed by atoms with Gasteiger partial charge in [0.2, 0.25) is 0 Å². The third kappa shape index (κ3) is 3.92. The van der Waals surface area contributed by atoms with Gasteiger partial charge >= 0.3 is 5.97 Å². The summed E-state index contributed by atoms with van der Waals surface area (Å²) in [5.74, 6) is 1.22. The van der Waals surface area contributed by atoms with Gasteiger partial charge in [0.05, 0.1) is 27.4 Å². The van der Waals surface area contributed by atoms with E-state index in [0.717, 1.165) is 29.7 Å². The highest BCUT2D eigenvalue weighted by molar-refractivity contribution is 5.74. The second-order valence-electron chi connectivity index (χ2n) is 6.85. The van der Waals surface area contributed by atoms with E-state index < -0.39 is 12.0 Å². The molecule has 0 bridgehead atoms. The van der Waals surface area contributed by atoms with Gasteiger partial charge in [-0.25, -0.2) is 0 Å². The Labute approximate surface area is 165 Å². The summed E-state index contributed by atoms with van der Waals surface area (Å²) in [6.07, 6.45) is 2.51. The van der Waals surface area contributed by atoms with Crippen molar-refractivity contribution in [2.24, 2.45) is 0 Å². The van der Waals surface area contributed by atoms with E-state index in [9.17, 15) is 9.90 Å². The van der Waals surface area contributed by atoms with Crippen LogP contribution >= 0.6 is 0 Å². The lowest BCUT2D eigenvalue weighted by Gasteiger charge is -2.40. The second kappa shape index (κ2) is 8.97. The van der Waals surface area contributed by atoms with E-state index in [1.165, 1.54) is 0 Å². The van der Waals surface area contributed by atoms with Crippen LogP contribution in [0.1, 0.15) is 36.4 Å². The van der Waals surface area contributed by atoms with Crippen LogP contribution in [0.15, 0.2) is 42.5 Å². The molecule has 1 aliphatic rings. The summed E-state index contributed by atoms with van der Waals surface area (Å²) in [5.41, 5.74) is 1.88. The van der Waals surface area contributed by atoms with Gasteiger partial charge in [0.25, 0.3) is 0 Å². The molecule has 150 valence electrons. The van der Waals surface area contributed by atoms with Gasteiger partial charge in [-0.05, 0) is 43.1 Å². The van der Waals surface area contributed by atoms with Crippen molar-refractivity contribution in [2.75, 3.05) is 27.9 Å². The van der Waals surface area contributed by atoms with Crippen molar-refractivity contribution < 1.29 is 24.1 Å². The predicted molar refractivity (Wildman–Crippen MR) is 106 cm³/mol. The molecule has 0 saturated carbocycles. The van der Waals surface area contributed by atoms with E-state index in [4.69, 9.17) is 14.2 Å². The standard InChI is InChI=1S/C22H27NO5/c1-26-16-12-10-15(11-13-16)20(23-14-5-4-8-18(23)22(24)25)17-7-6-9-19(27-2)21(17)28-3/h6-7,9-13,18,20H,4-5,8,14H2,1-3H3,(H,24,25). The highest BCUT2D eigenvalue weighted by atomic mass is 16.5. The number of benzene rings is 2. The van der Waals surface area contributed by atoms with E-state index >= 15 is 0 Å². The SMILES string of the molecule is COc1ccc(C(c2cccc(OC)c2OC)N2CCCCC2C(=O)O)cc1. The highest BCUT2D eigenvalue weighted by Crippen LogP contribution is 2.42. The van der Waals surface area contributed by atoms with Crippen molar-refractivity contribution in [3.63, 3.8) is 0 Å². The van der Waals surface area contributed by atoms with E-state index in [0.29, 0.717) is 24.5 Å². The molecular formula is C22H27NO5. The Bertz CT molecular complexity index is 805. The first-order chi connectivity index (χ1) is 13.6. The van der Waals surface area contributed by atoms with Crippen LogP contribution in [0.3, 0.4) is 0 Å². The minimum atomic E-state index is -0.792. The Balaban J connectivity index is 2.15. The van der Waals surface area contributed by atoms with Gasteiger partial charge in [0.1, 0.15) is 11.8 Å². The van der Waals surface area contributed by atoms with Crippen LogP contribution in [-0.2, 0) is 4.79 Å². The van der Waals surface area contributed by atoms with Crippen LogP contribution in [-0.4, -0.2) is 49.9 Å². The minimum Gasteiger partial charge on any atom is -0.497 e. The first kappa shape index (κ1) is 20.0. The van der Waals surface area contributed by atoms with Crippen molar-refractivity contribution in [1.29, 1.82) is 0 Å². The summed E-state index contributed by atoms with van der Waals surface area (Å²) in [6, 6.07) is 12.7. The zero-order valence-electron chi connectivity index (χ0n) is 16.6. The maximum Gasteiger partial charge on any atom is 0.320 e. The molecule has 1 fully saturated rings. The Morgan fingerprint density at radius 3 is 2.39 bits per heavy atom. The van der Waals surface area contributed by atoms with Crippen LogP contribution in [0.2, 0.25) is 0 Å². The van der Waals surface area contributed by atoms with Gasteiger partial charge in [0.15, 0.2) is 11.5 Å². The Hall–Kier alpha value is -2.73. The first-order valence-corrected chi connectivity index (χ1v) is 9.44. The topological polar surface area (TPSA) is 68.2 Å². The van der Waals surface area contributed by atoms with Crippen LogP contribution in [0.4, 0.5) is 0 Å². The number of para-hydroxylation sites is 1. The van der Waals surface area contributed by atoms with E-state index in [2.05, 4.69) is 4.90 Å². The summed E-state index contributed by atoms with van der Waals surface area (Å²) in [4.78, 5) is 14.1. The number of piperidine rings is 1. The Morgan fingerprint density at radius 2 is 1.79 bits per heavy atom. The first-order valence-electron chi connectivity index (χ1n) is 9.44. The summed E-state index contributed by atoms with van der Waals surface area (Å²) in [7, 11) is 4.84. The zero-order chi connectivity index (χ0) is 20.1. The number of hydrogen-bond acceptors (Lipinski definition) is 5. The Morgan fingerprint density at radius 1 is 1.04 bits per heavy atom. The number of hydrogen-bond donors (Lipinski definition) is 1. The summed E-state index contributed by atoms with van der Waals surface area (Å²) in [6.45, 7) is 0.702. The molecule has 6 heteroatoms. The average Bonchev–Trinajstić information content (AvgIpc) is 2.74. The predicted octanol–water partition coefficient (Wildman–Crippen LogP) is 3.74. The number of carboxylic acids is 1. The maximum atomic E-state index is 12.0. The van der Waals surface area contributed by atoms with Gasteiger partial charge in [-0.15, -0.1) is 0 Å². The number of ether oxygens (including phenoxy) is 3. The molecule has 28 heavy (non-hydrogen) atoms. The van der Waals surface area contributed by atoms with Crippen LogP contribution in [0.25, 0.3) is 0 Å². The van der Waals surface area contributed by atoms with Gasteiger partial charge in [0, 0.05) is 5.56 Å².